The highest BCUT2D eigenvalue weighted by Gasteiger charge is 2.19. The van der Waals surface area contributed by atoms with Gasteiger partial charge in [0.1, 0.15) is 5.58 Å². The van der Waals surface area contributed by atoms with Gasteiger partial charge in [-0.1, -0.05) is 13.8 Å². The Labute approximate surface area is 193 Å². The minimum atomic E-state index is -0.0293. The lowest BCUT2D eigenvalue weighted by Gasteiger charge is -2.18. The molecular formula is C28H29N3O2. The number of rotatable bonds is 4. The maximum absolute atomic E-state index is 12.7. The number of benzene rings is 3. The van der Waals surface area contributed by atoms with Crippen LogP contribution < -0.4 is 15.2 Å². The smallest absolute Gasteiger partial charge is 0.192 e. The average molecular weight is 440 g/mol. The number of anilines is 2. The Morgan fingerprint density at radius 1 is 0.758 bits per heavy atom. The van der Waals surface area contributed by atoms with Crippen molar-refractivity contribution in [1.29, 1.82) is 0 Å². The summed E-state index contributed by atoms with van der Waals surface area (Å²) in [7, 11) is 8.24. The first-order valence-corrected chi connectivity index (χ1v) is 11.2. The van der Waals surface area contributed by atoms with E-state index in [0.717, 1.165) is 33.7 Å². The van der Waals surface area contributed by atoms with Crippen LogP contribution in [0.15, 0.2) is 70.1 Å². The summed E-state index contributed by atoms with van der Waals surface area (Å²) in [5, 5.41) is 2.98. The van der Waals surface area contributed by atoms with Gasteiger partial charge in [0.15, 0.2) is 5.43 Å². The average Bonchev–Trinajstić information content (AvgIpc) is 3.11. The molecule has 0 aliphatic rings. The molecule has 0 radical (unpaired) electrons. The molecule has 0 N–H and O–H groups in total. The fourth-order valence-corrected chi connectivity index (χ4v) is 4.60. The summed E-state index contributed by atoms with van der Waals surface area (Å²) in [5.41, 5.74) is 7.30. The molecule has 0 spiro atoms. The van der Waals surface area contributed by atoms with Gasteiger partial charge >= 0.3 is 0 Å². The Bertz CT molecular complexity index is 1510. The minimum absolute atomic E-state index is 0.0293. The first kappa shape index (κ1) is 21.1. The van der Waals surface area contributed by atoms with Crippen LogP contribution in [0.2, 0.25) is 0 Å². The fraction of sp³-hybridized carbons (Fsp3) is 0.250. The highest BCUT2D eigenvalue weighted by atomic mass is 16.3. The van der Waals surface area contributed by atoms with Crippen LogP contribution >= 0.6 is 0 Å². The zero-order chi connectivity index (χ0) is 23.4. The van der Waals surface area contributed by atoms with E-state index in [0.29, 0.717) is 11.0 Å². The van der Waals surface area contributed by atoms with Crippen LogP contribution in [0.25, 0.3) is 38.5 Å². The van der Waals surface area contributed by atoms with E-state index in [1.165, 1.54) is 23.1 Å². The summed E-state index contributed by atoms with van der Waals surface area (Å²) in [5.74, 6) is 0.254. The molecule has 0 fully saturated rings. The number of fused-ring (bicyclic) bond motifs is 4. The van der Waals surface area contributed by atoms with Gasteiger partial charge in [0.05, 0.1) is 28.4 Å². The maximum atomic E-state index is 12.7. The molecule has 0 amide bonds. The highest BCUT2D eigenvalue weighted by molar-refractivity contribution is 6.11. The Kier molecular flexibility index (Phi) is 4.93. The second-order valence-electron chi connectivity index (χ2n) is 9.37. The van der Waals surface area contributed by atoms with Crippen LogP contribution in [0.1, 0.15) is 25.3 Å². The van der Waals surface area contributed by atoms with E-state index in [1.54, 1.807) is 0 Å². The molecule has 2 heterocycles. The molecular weight excluding hydrogens is 410 g/mol. The van der Waals surface area contributed by atoms with E-state index < -0.39 is 0 Å². The molecule has 0 unspecified atom stereocenters. The summed E-state index contributed by atoms with van der Waals surface area (Å²) in [6, 6.07) is 18.7. The Balaban J connectivity index is 1.95. The topological polar surface area (TPSA) is 41.6 Å². The van der Waals surface area contributed by atoms with Crippen molar-refractivity contribution in [2.75, 3.05) is 38.0 Å². The van der Waals surface area contributed by atoms with E-state index in [4.69, 9.17) is 4.42 Å². The molecule has 0 saturated heterocycles. The van der Waals surface area contributed by atoms with Gasteiger partial charge < -0.3 is 18.8 Å². The van der Waals surface area contributed by atoms with Crippen molar-refractivity contribution in [2.24, 2.45) is 0 Å². The first-order chi connectivity index (χ1) is 15.8. The van der Waals surface area contributed by atoms with Crippen molar-refractivity contribution in [3.63, 3.8) is 0 Å². The van der Waals surface area contributed by atoms with Gasteiger partial charge in [0.25, 0.3) is 0 Å². The molecule has 5 heteroatoms. The van der Waals surface area contributed by atoms with E-state index in [9.17, 15) is 4.79 Å². The maximum Gasteiger partial charge on any atom is 0.192 e. The van der Waals surface area contributed by atoms with Gasteiger partial charge in [-0.05, 0) is 60.0 Å². The van der Waals surface area contributed by atoms with Crippen LogP contribution in [-0.2, 0) is 0 Å². The summed E-state index contributed by atoms with van der Waals surface area (Å²) < 4.78 is 7.99. The summed E-state index contributed by atoms with van der Waals surface area (Å²) in [6.45, 7) is 4.35. The van der Waals surface area contributed by atoms with Crippen molar-refractivity contribution in [3.8, 4) is 5.69 Å². The van der Waals surface area contributed by atoms with Gasteiger partial charge in [-0.25, -0.2) is 0 Å². The lowest BCUT2D eigenvalue weighted by Crippen LogP contribution is -2.08. The number of hydrogen-bond donors (Lipinski definition) is 0. The highest BCUT2D eigenvalue weighted by Crippen LogP contribution is 2.38. The minimum Gasteiger partial charge on any atom is -0.464 e. The van der Waals surface area contributed by atoms with Crippen molar-refractivity contribution in [1.82, 2.24) is 4.57 Å². The van der Waals surface area contributed by atoms with Gasteiger partial charge in [-0.3, -0.25) is 4.79 Å². The van der Waals surface area contributed by atoms with Crippen LogP contribution in [0, 0.1) is 0 Å². The van der Waals surface area contributed by atoms with Crippen LogP contribution in [0.3, 0.4) is 0 Å². The summed E-state index contributed by atoms with van der Waals surface area (Å²) in [6.07, 6.45) is 1.47. The Morgan fingerprint density at radius 2 is 1.33 bits per heavy atom. The van der Waals surface area contributed by atoms with Gasteiger partial charge in [0.2, 0.25) is 0 Å². The third-order valence-corrected chi connectivity index (χ3v) is 6.44. The van der Waals surface area contributed by atoms with Crippen molar-refractivity contribution < 1.29 is 4.42 Å². The molecule has 168 valence electrons. The zero-order valence-electron chi connectivity index (χ0n) is 20.0. The molecule has 5 rings (SSSR count). The van der Waals surface area contributed by atoms with Gasteiger partial charge in [0, 0.05) is 56.4 Å². The molecule has 5 nitrogen and oxygen atoms in total. The van der Waals surface area contributed by atoms with Crippen molar-refractivity contribution in [2.45, 2.75) is 19.8 Å². The number of nitrogens with zero attached hydrogens (tertiary/aromatic N) is 3. The second-order valence-corrected chi connectivity index (χ2v) is 9.37. The predicted octanol–water partition coefficient (Wildman–Crippen LogP) is 6.15. The van der Waals surface area contributed by atoms with E-state index in [2.05, 4.69) is 92.8 Å². The molecule has 0 atom stereocenters. The molecule has 3 aromatic carbocycles. The lowest BCUT2D eigenvalue weighted by atomic mass is 9.98. The molecule has 33 heavy (non-hydrogen) atoms. The largest absolute Gasteiger partial charge is 0.464 e. The third kappa shape index (κ3) is 3.35. The first-order valence-electron chi connectivity index (χ1n) is 11.2. The SMILES string of the molecule is CC(C)c1cc2occc(=O)c2cc1-n1c2ccc(N(C)C)cc2c2cc(N(C)C)ccc21. The quantitative estimate of drug-likeness (QED) is 0.337. The van der Waals surface area contributed by atoms with Crippen LogP contribution in [0.4, 0.5) is 11.4 Å². The zero-order valence-corrected chi connectivity index (χ0v) is 20.0. The second kappa shape index (κ2) is 7.69. The van der Waals surface area contributed by atoms with Crippen molar-refractivity contribution in [3.05, 3.63) is 76.6 Å². The van der Waals surface area contributed by atoms with E-state index in [-0.39, 0.29) is 11.3 Å². The normalized spacial score (nSPS) is 11.7. The standard InChI is InChI=1S/C28H29N3O2/c1-17(2)20-16-28-23(27(32)11-12-33-28)15-26(20)31-24-9-7-18(29(3)4)13-21(24)22-14-19(30(5)6)8-10-25(22)31/h7-17H,1-6H3. The Morgan fingerprint density at radius 3 is 1.85 bits per heavy atom. The van der Waals surface area contributed by atoms with Crippen LogP contribution in [0.5, 0.6) is 0 Å². The predicted molar refractivity (Wildman–Crippen MR) is 140 cm³/mol. The summed E-state index contributed by atoms with van der Waals surface area (Å²) >= 11 is 0. The van der Waals surface area contributed by atoms with Gasteiger partial charge in [-0.15, -0.1) is 0 Å². The Hall–Kier alpha value is -3.73. The molecule has 0 bridgehead atoms. The molecule has 0 aliphatic heterocycles. The number of hydrogen-bond acceptors (Lipinski definition) is 4. The van der Waals surface area contributed by atoms with Gasteiger partial charge in [-0.2, -0.15) is 0 Å². The monoisotopic (exact) mass is 439 g/mol. The van der Waals surface area contributed by atoms with Crippen LogP contribution in [-0.4, -0.2) is 32.8 Å². The lowest BCUT2D eigenvalue weighted by molar-refractivity contribution is 0.601. The fourth-order valence-electron chi connectivity index (χ4n) is 4.60. The molecule has 0 aliphatic carbocycles. The van der Waals surface area contributed by atoms with E-state index in [1.807, 2.05) is 12.1 Å². The third-order valence-electron chi connectivity index (χ3n) is 6.44. The summed E-state index contributed by atoms with van der Waals surface area (Å²) in [4.78, 5) is 16.9. The molecule has 5 aromatic rings. The molecule has 0 saturated carbocycles. The van der Waals surface area contributed by atoms with E-state index >= 15 is 0 Å². The van der Waals surface area contributed by atoms with Crippen molar-refractivity contribution >= 4 is 44.1 Å². The molecule has 2 aromatic heterocycles. The number of aromatic nitrogens is 1.